The molecule has 0 radical (unpaired) electrons. The van der Waals surface area contributed by atoms with E-state index in [0.717, 1.165) is 11.8 Å². The first-order valence-electron chi connectivity index (χ1n) is 10.6. The summed E-state index contributed by atoms with van der Waals surface area (Å²) in [6.07, 6.45) is 1.52. The number of fused-ring (bicyclic) bond motifs is 1. The van der Waals surface area contributed by atoms with E-state index < -0.39 is 5.91 Å². The van der Waals surface area contributed by atoms with Crippen LogP contribution < -0.4 is 15.0 Å². The lowest BCUT2D eigenvalue weighted by Gasteiger charge is -2.17. The summed E-state index contributed by atoms with van der Waals surface area (Å²) in [6.45, 7) is -0.0314. The molecule has 0 spiro atoms. The number of hydrogen-bond acceptors (Lipinski definition) is 7. The summed E-state index contributed by atoms with van der Waals surface area (Å²) in [6, 6.07) is 17.5. The lowest BCUT2D eigenvalue weighted by molar-refractivity contribution is -0.123. The Labute approximate surface area is 210 Å². The van der Waals surface area contributed by atoms with Gasteiger partial charge in [0.25, 0.3) is 11.8 Å². The van der Waals surface area contributed by atoms with Crippen LogP contribution in [0.5, 0.6) is 5.75 Å². The first-order valence-corrected chi connectivity index (χ1v) is 11.8. The van der Waals surface area contributed by atoms with Crippen molar-refractivity contribution in [1.29, 1.82) is 0 Å². The van der Waals surface area contributed by atoms with Crippen LogP contribution in [0.1, 0.15) is 11.3 Å². The predicted molar refractivity (Wildman–Crippen MR) is 137 cm³/mol. The summed E-state index contributed by atoms with van der Waals surface area (Å²) >= 11 is 6.51. The lowest BCUT2D eigenvalue weighted by Crippen LogP contribution is -2.35. The fourth-order valence-corrected chi connectivity index (χ4v) is 5.25. The van der Waals surface area contributed by atoms with E-state index in [1.807, 2.05) is 0 Å². The molecule has 0 saturated carbocycles. The van der Waals surface area contributed by atoms with E-state index in [2.05, 4.69) is 5.32 Å². The Kier molecular flexibility index (Phi) is 6.14. The molecule has 2 aromatic carbocycles. The molecule has 0 bridgehead atoms. The molecular formula is C25H19N3O5S2. The number of amides is 3. The monoisotopic (exact) mass is 505 g/mol. The molecule has 2 aliphatic heterocycles. The topological polar surface area (TPSA) is 92.1 Å². The number of anilines is 2. The zero-order valence-corrected chi connectivity index (χ0v) is 20.2. The van der Waals surface area contributed by atoms with Gasteiger partial charge in [-0.3, -0.25) is 24.2 Å². The third-order valence-corrected chi connectivity index (χ3v) is 7.02. The zero-order chi connectivity index (χ0) is 24.5. The number of hydrogen-bond donors (Lipinski definition) is 1. The van der Waals surface area contributed by atoms with Crippen LogP contribution in [0.15, 0.2) is 76.2 Å². The molecule has 0 aliphatic carbocycles. The number of rotatable bonds is 6. The Morgan fingerprint density at radius 3 is 2.51 bits per heavy atom. The van der Waals surface area contributed by atoms with Crippen molar-refractivity contribution in [3.63, 3.8) is 0 Å². The van der Waals surface area contributed by atoms with Gasteiger partial charge in [0.15, 0.2) is 0 Å². The maximum absolute atomic E-state index is 13.5. The van der Waals surface area contributed by atoms with Gasteiger partial charge in [-0.1, -0.05) is 42.2 Å². The first kappa shape index (κ1) is 22.9. The summed E-state index contributed by atoms with van der Waals surface area (Å²) in [5.74, 6) is 0.0989. The van der Waals surface area contributed by atoms with Crippen molar-refractivity contribution in [2.24, 2.45) is 0 Å². The van der Waals surface area contributed by atoms with Crippen LogP contribution in [0.3, 0.4) is 0 Å². The number of benzene rings is 2. The molecule has 10 heteroatoms. The maximum atomic E-state index is 13.5. The van der Waals surface area contributed by atoms with Crippen LogP contribution in [0.25, 0.3) is 5.57 Å². The van der Waals surface area contributed by atoms with Crippen molar-refractivity contribution < 1.29 is 23.5 Å². The Bertz CT molecular complexity index is 1370. The van der Waals surface area contributed by atoms with Gasteiger partial charge in [0.2, 0.25) is 5.91 Å². The van der Waals surface area contributed by atoms with E-state index in [1.165, 1.54) is 16.1 Å². The van der Waals surface area contributed by atoms with Gasteiger partial charge >= 0.3 is 0 Å². The van der Waals surface area contributed by atoms with Crippen molar-refractivity contribution in [2.75, 3.05) is 23.9 Å². The van der Waals surface area contributed by atoms with Gasteiger partial charge in [0.05, 0.1) is 36.1 Å². The molecule has 0 atom stereocenters. The number of carbonyl (C=O) groups excluding carboxylic acids is 3. The second-order valence-corrected chi connectivity index (χ2v) is 9.37. The van der Waals surface area contributed by atoms with E-state index in [1.54, 1.807) is 67.8 Å². The Hall–Kier alpha value is -3.89. The van der Waals surface area contributed by atoms with Gasteiger partial charge in [0, 0.05) is 11.3 Å². The number of nitrogens with one attached hydrogen (secondary N) is 1. The highest BCUT2D eigenvalue weighted by Gasteiger charge is 2.42. The molecule has 176 valence electrons. The van der Waals surface area contributed by atoms with E-state index in [-0.39, 0.29) is 35.4 Å². The van der Waals surface area contributed by atoms with E-state index in [4.69, 9.17) is 21.4 Å². The third kappa shape index (κ3) is 4.33. The van der Waals surface area contributed by atoms with Gasteiger partial charge in [0.1, 0.15) is 22.4 Å². The molecule has 2 aliphatic rings. The summed E-state index contributed by atoms with van der Waals surface area (Å²) in [7, 11) is 1.56. The van der Waals surface area contributed by atoms with Crippen molar-refractivity contribution in [3.8, 4) is 5.75 Å². The van der Waals surface area contributed by atoms with Gasteiger partial charge in [-0.15, -0.1) is 0 Å². The van der Waals surface area contributed by atoms with E-state index in [9.17, 15) is 14.4 Å². The minimum atomic E-state index is -0.422. The molecule has 8 nitrogen and oxygen atoms in total. The first-order chi connectivity index (χ1) is 17.0. The molecule has 1 saturated heterocycles. The highest BCUT2D eigenvalue weighted by atomic mass is 32.2. The van der Waals surface area contributed by atoms with E-state index >= 15 is 0 Å². The van der Waals surface area contributed by atoms with Crippen LogP contribution >= 0.6 is 24.0 Å². The SMILES string of the molecule is COc1ccc(NC(=O)CN2C(=O)/C(=C3/SC(=S)N(Cc4ccco4)C3=O)c3ccccc32)cc1. The fourth-order valence-electron chi connectivity index (χ4n) is 3.92. The van der Waals surface area contributed by atoms with Crippen molar-refractivity contribution >= 4 is 63.0 Å². The quantitative estimate of drug-likeness (QED) is 0.399. The standard InChI is InChI=1S/C25H19N3O5S2/c1-32-16-10-8-15(9-11-16)26-20(29)14-27-19-7-3-2-6-18(19)21(23(27)30)22-24(31)28(25(34)35-22)13-17-5-4-12-33-17/h2-12H,13-14H2,1H3,(H,26,29)/b22-21+. The van der Waals surface area contributed by atoms with Crippen molar-refractivity contribution in [3.05, 3.63) is 83.2 Å². The second kappa shape index (κ2) is 9.40. The fraction of sp³-hybridized carbons (Fsp3) is 0.120. The molecular weight excluding hydrogens is 486 g/mol. The van der Waals surface area contributed by atoms with Crippen LogP contribution in [0.4, 0.5) is 11.4 Å². The molecule has 0 unspecified atom stereocenters. The molecule has 5 rings (SSSR count). The number of furan rings is 1. The molecule has 1 aromatic heterocycles. The number of methoxy groups -OCH3 is 1. The van der Waals surface area contributed by atoms with Crippen LogP contribution in [-0.2, 0) is 20.9 Å². The molecule has 35 heavy (non-hydrogen) atoms. The van der Waals surface area contributed by atoms with Gasteiger partial charge in [-0.05, 0) is 42.5 Å². The number of para-hydroxylation sites is 1. The zero-order valence-electron chi connectivity index (χ0n) is 18.5. The number of thioether (sulfide) groups is 1. The number of ether oxygens (including phenoxy) is 1. The average molecular weight is 506 g/mol. The molecule has 1 N–H and O–H groups in total. The highest BCUT2D eigenvalue weighted by molar-refractivity contribution is 8.26. The van der Waals surface area contributed by atoms with Crippen LogP contribution in [-0.4, -0.2) is 40.6 Å². The summed E-state index contributed by atoms with van der Waals surface area (Å²) in [5, 5.41) is 2.79. The normalized spacial score (nSPS) is 17.2. The number of nitrogens with zero attached hydrogens (tertiary/aromatic N) is 2. The van der Waals surface area contributed by atoms with Gasteiger partial charge in [-0.25, -0.2) is 0 Å². The van der Waals surface area contributed by atoms with Crippen LogP contribution in [0.2, 0.25) is 0 Å². The largest absolute Gasteiger partial charge is 0.497 e. The Morgan fingerprint density at radius 2 is 1.80 bits per heavy atom. The summed E-state index contributed by atoms with van der Waals surface area (Å²) in [4.78, 5) is 42.6. The molecule has 1 fully saturated rings. The lowest BCUT2D eigenvalue weighted by atomic mass is 10.1. The third-order valence-electron chi connectivity index (χ3n) is 5.57. The number of carbonyl (C=O) groups is 3. The smallest absolute Gasteiger partial charge is 0.267 e. The predicted octanol–water partition coefficient (Wildman–Crippen LogP) is 4.05. The highest BCUT2D eigenvalue weighted by Crippen LogP contribution is 2.44. The van der Waals surface area contributed by atoms with E-state index in [0.29, 0.717) is 32.8 Å². The Balaban J connectivity index is 1.41. The summed E-state index contributed by atoms with van der Waals surface area (Å²) < 4.78 is 10.8. The average Bonchev–Trinajstić information content (AvgIpc) is 3.54. The van der Waals surface area contributed by atoms with Gasteiger partial charge in [-0.2, -0.15) is 0 Å². The molecule has 3 amide bonds. The molecule has 3 aromatic rings. The Morgan fingerprint density at radius 1 is 1.03 bits per heavy atom. The van der Waals surface area contributed by atoms with Crippen LogP contribution in [0, 0.1) is 0 Å². The van der Waals surface area contributed by atoms with Crippen molar-refractivity contribution in [1.82, 2.24) is 4.90 Å². The minimum Gasteiger partial charge on any atom is -0.497 e. The minimum absolute atomic E-state index is 0.179. The van der Waals surface area contributed by atoms with Crippen molar-refractivity contribution in [2.45, 2.75) is 6.54 Å². The maximum Gasteiger partial charge on any atom is 0.267 e. The molecule has 3 heterocycles. The second-order valence-electron chi connectivity index (χ2n) is 7.73. The number of thiocarbonyl (C=S) groups is 1. The summed E-state index contributed by atoms with van der Waals surface area (Å²) in [5.41, 5.74) is 1.98. The van der Waals surface area contributed by atoms with Gasteiger partial charge < -0.3 is 14.5 Å².